The first-order valence-electron chi connectivity index (χ1n) is 6.27. The SMILES string of the molecule is CC(C)COCCOc1nc(Cl)nc(-n2cccn2)n1. The van der Waals surface area contributed by atoms with Gasteiger partial charge in [-0.15, -0.1) is 0 Å². The zero-order valence-corrected chi connectivity index (χ0v) is 12.1. The summed E-state index contributed by atoms with van der Waals surface area (Å²) in [6, 6.07) is 1.92. The Morgan fingerprint density at radius 1 is 1.25 bits per heavy atom. The van der Waals surface area contributed by atoms with Gasteiger partial charge in [-0.25, -0.2) is 4.68 Å². The molecular weight excluding hydrogens is 282 g/mol. The van der Waals surface area contributed by atoms with Crippen LogP contribution in [-0.4, -0.2) is 44.6 Å². The molecule has 0 fully saturated rings. The van der Waals surface area contributed by atoms with Gasteiger partial charge in [0.1, 0.15) is 6.61 Å². The van der Waals surface area contributed by atoms with Crippen molar-refractivity contribution in [3.8, 4) is 12.0 Å². The van der Waals surface area contributed by atoms with Gasteiger partial charge in [-0.05, 0) is 23.6 Å². The summed E-state index contributed by atoms with van der Waals surface area (Å²) in [7, 11) is 0. The molecule has 20 heavy (non-hydrogen) atoms. The first kappa shape index (κ1) is 14.7. The van der Waals surface area contributed by atoms with E-state index in [1.807, 2.05) is 0 Å². The Kier molecular flexibility index (Phi) is 5.25. The van der Waals surface area contributed by atoms with E-state index >= 15 is 0 Å². The Bertz CT molecular complexity index is 533. The van der Waals surface area contributed by atoms with Crippen molar-refractivity contribution in [2.24, 2.45) is 5.92 Å². The van der Waals surface area contributed by atoms with Crippen LogP contribution in [0.4, 0.5) is 0 Å². The van der Waals surface area contributed by atoms with Crippen LogP contribution < -0.4 is 4.74 Å². The topological polar surface area (TPSA) is 75.0 Å². The van der Waals surface area contributed by atoms with E-state index in [4.69, 9.17) is 21.1 Å². The molecule has 0 saturated carbocycles. The normalized spacial score (nSPS) is 11.0. The van der Waals surface area contributed by atoms with Gasteiger partial charge in [0, 0.05) is 19.0 Å². The van der Waals surface area contributed by atoms with Crippen LogP contribution in [0, 0.1) is 5.92 Å². The monoisotopic (exact) mass is 297 g/mol. The first-order chi connectivity index (χ1) is 9.65. The molecule has 0 aliphatic rings. The Hall–Kier alpha value is -1.73. The highest BCUT2D eigenvalue weighted by molar-refractivity contribution is 6.28. The van der Waals surface area contributed by atoms with Crippen molar-refractivity contribution in [1.29, 1.82) is 0 Å². The number of rotatable bonds is 7. The van der Waals surface area contributed by atoms with E-state index in [0.29, 0.717) is 31.7 Å². The van der Waals surface area contributed by atoms with E-state index in [0.717, 1.165) is 0 Å². The molecule has 0 N–H and O–H groups in total. The van der Waals surface area contributed by atoms with E-state index < -0.39 is 0 Å². The van der Waals surface area contributed by atoms with E-state index in [1.165, 1.54) is 4.68 Å². The fourth-order valence-corrected chi connectivity index (χ4v) is 1.53. The second kappa shape index (κ2) is 7.16. The van der Waals surface area contributed by atoms with E-state index in [-0.39, 0.29) is 11.3 Å². The largest absolute Gasteiger partial charge is 0.461 e. The maximum atomic E-state index is 5.83. The lowest BCUT2D eigenvalue weighted by Crippen LogP contribution is -2.13. The molecule has 0 aromatic carbocycles. The number of halogens is 1. The van der Waals surface area contributed by atoms with Crippen molar-refractivity contribution < 1.29 is 9.47 Å². The van der Waals surface area contributed by atoms with Crippen LogP contribution in [-0.2, 0) is 4.74 Å². The van der Waals surface area contributed by atoms with Gasteiger partial charge < -0.3 is 9.47 Å². The minimum absolute atomic E-state index is 0.0589. The Morgan fingerprint density at radius 3 is 2.80 bits per heavy atom. The zero-order valence-electron chi connectivity index (χ0n) is 11.4. The molecule has 2 aromatic rings. The van der Waals surface area contributed by atoms with Gasteiger partial charge in [0.15, 0.2) is 0 Å². The number of hydrogen-bond acceptors (Lipinski definition) is 6. The molecule has 2 aromatic heterocycles. The van der Waals surface area contributed by atoms with E-state index in [2.05, 4.69) is 33.9 Å². The van der Waals surface area contributed by atoms with Crippen LogP contribution >= 0.6 is 11.6 Å². The van der Waals surface area contributed by atoms with Gasteiger partial charge >= 0.3 is 6.01 Å². The van der Waals surface area contributed by atoms with Crippen LogP contribution in [0.3, 0.4) is 0 Å². The fourth-order valence-electron chi connectivity index (χ4n) is 1.39. The maximum Gasteiger partial charge on any atom is 0.322 e. The lowest BCUT2D eigenvalue weighted by atomic mass is 10.2. The molecule has 0 atom stereocenters. The summed E-state index contributed by atoms with van der Waals surface area (Å²) in [6.45, 7) is 5.69. The summed E-state index contributed by atoms with van der Waals surface area (Å²) in [5, 5.41) is 4.08. The third-order valence-corrected chi connectivity index (χ3v) is 2.36. The van der Waals surface area contributed by atoms with Crippen molar-refractivity contribution in [2.45, 2.75) is 13.8 Å². The molecule has 2 rings (SSSR count). The smallest absolute Gasteiger partial charge is 0.322 e. The zero-order chi connectivity index (χ0) is 14.4. The van der Waals surface area contributed by atoms with Crippen LogP contribution in [0.2, 0.25) is 5.28 Å². The van der Waals surface area contributed by atoms with Crippen LogP contribution in [0.1, 0.15) is 13.8 Å². The van der Waals surface area contributed by atoms with Crippen molar-refractivity contribution >= 4 is 11.6 Å². The molecule has 108 valence electrons. The summed E-state index contributed by atoms with van der Waals surface area (Å²) < 4.78 is 12.3. The Labute approximate surface area is 121 Å². The van der Waals surface area contributed by atoms with E-state index in [1.54, 1.807) is 18.5 Å². The highest BCUT2D eigenvalue weighted by Crippen LogP contribution is 2.10. The quantitative estimate of drug-likeness (QED) is 0.725. The third kappa shape index (κ3) is 4.43. The second-order valence-corrected chi connectivity index (χ2v) is 4.79. The first-order valence-corrected chi connectivity index (χ1v) is 6.65. The van der Waals surface area contributed by atoms with Gasteiger partial charge in [-0.2, -0.15) is 20.1 Å². The molecule has 7 nitrogen and oxygen atoms in total. The van der Waals surface area contributed by atoms with E-state index in [9.17, 15) is 0 Å². The van der Waals surface area contributed by atoms with Crippen molar-refractivity contribution in [1.82, 2.24) is 24.7 Å². The van der Waals surface area contributed by atoms with Gasteiger partial charge in [0.2, 0.25) is 5.28 Å². The number of nitrogens with zero attached hydrogens (tertiary/aromatic N) is 5. The van der Waals surface area contributed by atoms with Crippen molar-refractivity contribution in [2.75, 3.05) is 19.8 Å². The molecule has 0 aliphatic heterocycles. The summed E-state index contributed by atoms with van der Waals surface area (Å²) >= 11 is 5.83. The summed E-state index contributed by atoms with van der Waals surface area (Å²) in [5.74, 6) is 0.807. The van der Waals surface area contributed by atoms with Gasteiger partial charge in [0.05, 0.1) is 6.61 Å². The summed E-state index contributed by atoms with van der Waals surface area (Å²) in [6.07, 6.45) is 3.33. The van der Waals surface area contributed by atoms with Gasteiger partial charge in [0.25, 0.3) is 5.95 Å². The third-order valence-electron chi connectivity index (χ3n) is 2.20. The second-order valence-electron chi connectivity index (χ2n) is 4.45. The molecule has 0 aliphatic carbocycles. The molecule has 0 amide bonds. The Morgan fingerprint density at radius 2 is 2.10 bits per heavy atom. The van der Waals surface area contributed by atoms with Crippen LogP contribution in [0.15, 0.2) is 18.5 Å². The van der Waals surface area contributed by atoms with Crippen molar-refractivity contribution in [3.05, 3.63) is 23.7 Å². The number of hydrogen-bond donors (Lipinski definition) is 0. The van der Waals surface area contributed by atoms with Crippen LogP contribution in [0.5, 0.6) is 6.01 Å². The molecular formula is C12H16ClN5O2. The lowest BCUT2D eigenvalue weighted by Gasteiger charge is -2.08. The van der Waals surface area contributed by atoms with Crippen LogP contribution in [0.25, 0.3) is 5.95 Å². The minimum Gasteiger partial charge on any atom is -0.461 e. The highest BCUT2D eigenvalue weighted by atomic mass is 35.5. The molecule has 8 heteroatoms. The standard InChI is InChI=1S/C12H16ClN5O2/c1-9(2)8-19-6-7-20-12-16-10(13)15-11(17-12)18-5-3-4-14-18/h3-5,9H,6-8H2,1-2H3. The molecule has 0 unspecified atom stereocenters. The predicted molar refractivity (Wildman–Crippen MR) is 73.1 cm³/mol. The number of aromatic nitrogens is 5. The summed E-state index contributed by atoms with van der Waals surface area (Å²) in [5.41, 5.74) is 0. The fraction of sp³-hybridized carbons (Fsp3) is 0.500. The van der Waals surface area contributed by atoms with Crippen molar-refractivity contribution in [3.63, 3.8) is 0 Å². The van der Waals surface area contributed by atoms with Gasteiger partial charge in [-0.3, -0.25) is 0 Å². The Balaban J connectivity index is 1.92. The lowest BCUT2D eigenvalue weighted by molar-refractivity contribution is 0.0791. The average molecular weight is 298 g/mol. The highest BCUT2D eigenvalue weighted by Gasteiger charge is 2.08. The average Bonchev–Trinajstić information content (AvgIpc) is 2.91. The minimum atomic E-state index is 0.0589. The molecule has 2 heterocycles. The predicted octanol–water partition coefficient (Wildman–Crippen LogP) is 1.76. The molecule has 0 radical (unpaired) electrons. The molecule has 0 spiro atoms. The van der Waals surface area contributed by atoms with Gasteiger partial charge in [-0.1, -0.05) is 13.8 Å². The molecule has 0 saturated heterocycles. The number of ether oxygens (including phenoxy) is 2. The molecule has 0 bridgehead atoms. The maximum absolute atomic E-state index is 5.83. The summed E-state index contributed by atoms with van der Waals surface area (Å²) in [4.78, 5) is 12.0.